The van der Waals surface area contributed by atoms with Crippen LogP contribution in [0.3, 0.4) is 0 Å². The lowest BCUT2D eigenvalue weighted by Crippen LogP contribution is -2.30. The number of nitrogens with zero attached hydrogens (tertiary/aromatic N) is 4. The van der Waals surface area contributed by atoms with Crippen molar-refractivity contribution in [1.82, 2.24) is 24.6 Å². The number of benzene rings is 2. The van der Waals surface area contributed by atoms with E-state index in [1.807, 2.05) is 25.1 Å². The lowest BCUT2D eigenvalue weighted by Gasteiger charge is -2.18. The number of imidazole rings is 1. The van der Waals surface area contributed by atoms with Gasteiger partial charge in [-0.05, 0) is 47.4 Å². The van der Waals surface area contributed by atoms with Crippen LogP contribution in [-0.4, -0.2) is 53.7 Å². The summed E-state index contributed by atoms with van der Waals surface area (Å²) >= 11 is 0. The van der Waals surface area contributed by atoms with Gasteiger partial charge >= 0.3 is 0 Å². The minimum absolute atomic E-state index is 0.121. The molecule has 1 N–H and O–H groups in total. The molecule has 2 aromatic heterocycles. The number of fused-ring (bicyclic) bond motifs is 2. The summed E-state index contributed by atoms with van der Waals surface area (Å²) < 4.78 is 37.8. The highest BCUT2D eigenvalue weighted by Gasteiger charge is 2.28. The van der Waals surface area contributed by atoms with Crippen molar-refractivity contribution >= 4 is 32.1 Å². The Morgan fingerprint density at radius 2 is 1.90 bits per heavy atom. The summed E-state index contributed by atoms with van der Waals surface area (Å²) in [7, 11) is -0.639. The molecule has 29 heavy (non-hydrogen) atoms. The monoisotopic (exact) mass is 415 g/mol. The fraction of sp³-hybridized carbons (Fsp3) is 0.316. The largest absolute Gasteiger partial charge is 0.497 e. The maximum absolute atomic E-state index is 13.2. The molecule has 0 aliphatic rings. The highest BCUT2D eigenvalue weighted by atomic mass is 32.2. The number of sulfonamides is 1. The van der Waals surface area contributed by atoms with Gasteiger partial charge in [0.05, 0.1) is 18.1 Å². The van der Waals surface area contributed by atoms with Crippen LogP contribution in [-0.2, 0) is 16.4 Å². The smallest absolute Gasteiger partial charge is 0.245 e. The van der Waals surface area contributed by atoms with Crippen molar-refractivity contribution in [3.8, 4) is 5.75 Å². The average Bonchev–Trinajstić information content (AvgIpc) is 3.31. The zero-order chi connectivity index (χ0) is 20.8. The highest BCUT2D eigenvalue weighted by molar-refractivity contribution is 7.89. The molecule has 4 aromatic rings. The standard InChI is InChI=1S/C19H21N5O4S/c1-11-9-12(2)19(18-17(11)22-28-23-18)29(25,26)24(3)8-7-16-20-14-6-5-13(27-4)10-15(14)21-16/h5-6,9-10H,7-8H2,1-4H3,(H,20,21). The number of likely N-dealkylation sites (N-methyl/N-ethyl adjacent to an activating group) is 1. The minimum atomic E-state index is -3.78. The number of hydrogen-bond acceptors (Lipinski definition) is 7. The zero-order valence-electron chi connectivity index (χ0n) is 16.6. The van der Waals surface area contributed by atoms with Gasteiger partial charge in [-0.15, -0.1) is 0 Å². The number of ether oxygens (including phenoxy) is 1. The van der Waals surface area contributed by atoms with Crippen LogP contribution in [0.4, 0.5) is 0 Å². The van der Waals surface area contributed by atoms with E-state index in [0.717, 1.165) is 22.3 Å². The molecule has 0 fully saturated rings. The molecular weight excluding hydrogens is 394 g/mol. The Morgan fingerprint density at radius 3 is 2.66 bits per heavy atom. The Bertz CT molecular complexity index is 1310. The van der Waals surface area contributed by atoms with Gasteiger partial charge in [0.1, 0.15) is 22.0 Å². The van der Waals surface area contributed by atoms with Crippen LogP contribution < -0.4 is 4.74 Å². The van der Waals surface area contributed by atoms with Crippen molar-refractivity contribution < 1.29 is 17.8 Å². The normalized spacial score (nSPS) is 12.3. The summed E-state index contributed by atoms with van der Waals surface area (Å²) in [6.45, 7) is 3.84. The molecule has 0 spiro atoms. The number of aromatic amines is 1. The molecule has 0 saturated carbocycles. The molecule has 152 valence electrons. The molecule has 9 nitrogen and oxygen atoms in total. The topological polar surface area (TPSA) is 114 Å². The number of aromatic nitrogens is 4. The van der Waals surface area contributed by atoms with Gasteiger partial charge in [-0.1, -0.05) is 6.07 Å². The molecule has 2 heterocycles. The second-order valence-electron chi connectivity index (χ2n) is 6.94. The van der Waals surface area contributed by atoms with E-state index in [1.54, 1.807) is 27.1 Å². The third-order valence-electron chi connectivity index (χ3n) is 4.94. The van der Waals surface area contributed by atoms with Gasteiger partial charge in [0, 0.05) is 26.1 Å². The lowest BCUT2D eigenvalue weighted by atomic mass is 10.1. The van der Waals surface area contributed by atoms with E-state index < -0.39 is 10.0 Å². The summed E-state index contributed by atoms with van der Waals surface area (Å²) in [5.74, 6) is 1.43. The predicted octanol–water partition coefficient (Wildman–Crippen LogP) is 2.59. The number of aryl methyl sites for hydroxylation is 2. The molecule has 0 aliphatic heterocycles. The molecule has 4 rings (SSSR count). The van der Waals surface area contributed by atoms with Crippen LogP contribution in [0.2, 0.25) is 0 Å². The predicted molar refractivity (Wildman–Crippen MR) is 107 cm³/mol. The molecule has 0 unspecified atom stereocenters. The Kier molecular flexibility index (Phi) is 4.75. The second-order valence-corrected chi connectivity index (χ2v) is 8.93. The van der Waals surface area contributed by atoms with Crippen LogP contribution in [0.1, 0.15) is 17.0 Å². The summed E-state index contributed by atoms with van der Waals surface area (Å²) in [6.07, 6.45) is 0.428. The van der Waals surface area contributed by atoms with E-state index in [4.69, 9.17) is 9.37 Å². The van der Waals surface area contributed by atoms with Gasteiger partial charge in [0.25, 0.3) is 0 Å². The van der Waals surface area contributed by atoms with Gasteiger partial charge in [0.2, 0.25) is 10.0 Å². The first-order chi connectivity index (χ1) is 13.8. The Morgan fingerprint density at radius 1 is 1.14 bits per heavy atom. The number of rotatable bonds is 6. The van der Waals surface area contributed by atoms with Crippen LogP contribution in [0, 0.1) is 13.8 Å². The highest BCUT2D eigenvalue weighted by Crippen LogP contribution is 2.29. The average molecular weight is 415 g/mol. The number of nitrogens with one attached hydrogen (secondary N) is 1. The van der Waals surface area contributed by atoms with Crippen molar-refractivity contribution in [3.63, 3.8) is 0 Å². The molecule has 0 atom stereocenters. The molecule has 0 saturated heterocycles. The van der Waals surface area contributed by atoms with Gasteiger partial charge in [0.15, 0.2) is 5.52 Å². The second kappa shape index (κ2) is 7.12. The van der Waals surface area contributed by atoms with Crippen molar-refractivity contribution in [3.05, 3.63) is 41.2 Å². The Hall–Kier alpha value is -2.98. The van der Waals surface area contributed by atoms with Crippen LogP contribution in [0.25, 0.3) is 22.1 Å². The first-order valence-electron chi connectivity index (χ1n) is 9.02. The maximum atomic E-state index is 13.2. The van der Waals surface area contributed by atoms with E-state index >= 15 is 0 Å². The lowest BCUT2D eigenvalue weighted by molar-refractivity contribution is 0.315. The molecule has 2 aromatic carbocycles. The van der Waals surface area contributed by atoms with Crippen molar-refractivity contribution in [2.24, 2.45) is 0 Å². The number of H-pyrrole nitrogens is 1. The van der Waals surface area contributed by atoms with Gasteiger partial charge < -0.3 is 9.72 Å². The minimum Gasteiger partial charge on any atom is -0.497 e. The molecule has 10 heteroatoms. The molecule has 0 aliphatic carbocycles. The number of hydrogen-bond donors (Lipinski definition) is 1. The van der Waals surface area contributed by atoms with E-state index in [-0.39, 0.29) is 17.0 Å². The maximum Gasteiger partial charge on any atom is 0.245 e. The summed E-state index contributed by atoms with van der Waals surface area (Å²) in [5.41, 5.74) is 3.77. The molecule has 0 amide bonds. The zero-order valence-corrected chi connectivity index (χ0v) is 17.4. The first-order valence-corrected chi connectivity index (χ1v) is 10.5. The van der Waals surface area contributed by atoms with Gasteiger partial charge in [-0.25, -0.2) is 22.3 Å². The Balaban J connectivity index is 1.60. The molecular formula is C19H21N5O4S. The fourth-order valence-corrected chi connectivity index (χ4v) is 4.88. The third kappa shape index (κ3) is 3.34. The SMILES string of the molecule is COc1ccc2nc(CCN(C)S(=O)(=O)c3c(C)cc(C)c4nonc34)[nH]c2c1. The van der Waals surface area contributed by atoms with E-state index in [1.165, 1.54) is 4.31 Å². The van der Waals surface area contributed by atoms with E-state index in [9.17, 15) is 8.42 Å². The van der Waals surface area contributed by atoms with Crippen LogP contribution in [0.5, 0.6) is 5.75 Å². The summed E-state index contributed by atoms with van der Waals surface area (Å²) in [5, 5.41) is 7.66. The van der Waals surface area contributed by atoms with Gasteiger partial charge in [-0.3, -0.25) is 0 Å². The first kappa shape index (κ1) is 19.3. The summed E-state index contributed by atoms with van der Waals surface area (Å²) in [4.78, 5) is 7.85. The van der Waals surface area contributed by atoms with E-state index in [0.29, 0.717) is 23.3 Å². The molecule has 0 bridgehead atoms. The molecule has 0 radical (unpaired) electrons. The third-order valence-corrected chi connectivity index (χ3v) is 6.97. The van der Waals surface area contributed by atoms with Crippen molar-refractivity contribution in [2.45, 2.75) is 25.2 Å². The fourth-order valence-electron chi connectivity index (χ4n) is 3.39. The Labute approximate surface area is 167 Å². The van der Waals surface area contributed by atoms with Crippen LogP contribution in [0.15, 0.2) is 33.8 Å². The number of methoxy groups -OCH3 is 1. The van der Waals surface area contributed by atoms with Crippen molar-refractivity contribution in [2.75, 3.05) is 20.7 Å². The van der Waals surface area contributed by atoms with Crippen LogP contribution >= 0.6 is 0 Å². The summed E-state index contributed by atoms with van der Waals surface area (Å²) in [6, 6.07) is 7.33. The van der Waals surface area contributed by atoms with E-state index in [2.05, 4.69) is 20.3 Å². The van der Waals surface area contributed by atoms with Gasteiger partial charge in [-0.2, -0.15) is 0 Å². The quantitative estimate of drug-likeness (QED) is 0.515. The van der Waals surface area contributed by atoms with Crippen molar-refractivity contribution in [1.29, 1.82) is 0 Å².